The van der Waals surface area contributed by atoms with Gasteiger partial charge in [0.1, 0.15) is 12.4 Å². The molecule has 0 saturated carbocycles. The van der Waals surface area contributed by atoms with Gasteiger partial charge in [0.05, 0.1) is 41.5 Å². The number of aliphatic hydroxyl groups is 1. The van der Waals surface area contributed by atoms with Crippen LogP contribution in [-0.4, -0.2) is 50.2 Å². The van der Waals surface area contributed by atoms with E-state index in [0.717, 1.165) is 42.2 Å². The summed E-state index contributed by atoms with van der Waals surface area (Å²) in [6.45, 7) is 7.76. The van der Waals surface area contributed by atoms with Crippen LogP contribution in [0.1, 0.15) is 159 Å². The van der Waals surface area contributed by atoms with Crippen molar-refractivity contribution in [2.24, 2.45) is 11.7 Å². The molecule has 3 atom stereocenters. The molecule has 59 heavy (non-hydrogen) atoms. The topological polar surface area (TPSA) is 197 Å². The fraction of sp³-hybridized carbons (Fsp3) is 0.587. The number of carbonyl (C=O) groups is 5. The lowest BCUT2D eigenvalue weighted by Crippen LogP contribution is -2.44. The first-order valence-corrected chi connectivity index (χ1v) is 21.7. The minimum atomic E-state index is -1.92. The molecule has 0 aliphatic carbocycles. The van der Waals surface area contributed by atoms with Crippen LogP contribution in [0.25, 0.3) is 22.3 Å². The number of amides is 2. The third-order valence-electron chi connectivity index (χ3n) is 11.9. The lowest BCUT2D eigenvalue weighted by Gasteiger charge is -2.31. The normalized spacial score (nSPS) is 16.5. The summed E-state index contributed by atoms with van der Waals surface area (Å²) in [5.74, 6) is -2.39. The van der Waals surface area contributed by atoms with Crippen molar-refractivity contribution in [1.82, 2.24) is 14.9 Å². The van der Waals surface area contributed by atoms with Crippen LogP contribution < -0.4 is 21.3 Å². The molecule has 0 bridgehead atoms. The van der Waals surface area contributed by atoms with Gasteiger partial charge in [0, 0.05) is 35.8 Å². The number of hydrogen-bond acceptors (Lipinski definition) is 10. The van der Waals surface area contributed by atoms with Crippen LogP contribution in [-0.2, 0) is 53.9 Å². The predicted octanol–water partition coefficient (Wildman–Crippen LogP) is 6.98. The number of nitrogens with zero attached hydrogens (tertiary/aromatic N) is 2. The number of fused-ring (bicyclic) bond motifs is 5. The van der Waals surface area contributed by atoms with Gasteiger partial charge in [0.25, 0.3) is 5.56 Å². The van der Waals surface area contributed by atoms with Crippen molar-refractivity contribution < 1.29 is 38.6 Å². The average Bonchev–Trinajstić information content (AvgIpc) is 3.57. The number of primary amides is 1. The summed E-state index contributed by atoms with van der Waals surface area (Å²) >= 11 is 0. The number of nitrogens with two attached hydrogens (primary N) is 1. The number of aryl methyl sites for hydroxylation is 1. The SMILES string of the molecule is CCCCCCCCCCCCCC(=O)N[C@H](CC(N)=O)C(=O)C[C@@H](C)CCC(=O)Oc1ccc2nc3c(c(CC)c2c1)Cn1c-3cc2c(c1=O)COC(=O)[C@]2(O)CC. The van der Waals surface area contributed by atoms with E-state index in [1.807, 2.05) is 13.8 Å². The molecule has 320 valence electrons. The first-order chi connectivity index (χ1) is 28.3. The summed E-state index contributed by atoms with van der Waals surface area (Å²) in [7, 11) is 0. The second-order valence-corrected chi connectivity index (χ2v) is 16.4. The molecule has 4 heterocycles. The van der Waals surface area contributed by atoms with E-state index in [2.05, 4.69) is 12.2 Å². The Labute approximate surface area is 346 Å². The van der Waals surface area contributed by atoms with Crippen LogP contribution in [0.4, 0.5) is 0 Å². The highest BCUT2D eigenvalue weighted by molar-refractivity contribution is 5.93. The maximum absolute atomic E-state index is 13.7. The number of rotatable bonds is 24. The highest BCUT2D eigenvalue weighted by Crippen LogP contribution is 2.41. The van der Waals surface area contributed by atoms with Gasteiger partial charge in [-0.25, -0.2) is 9.78 Å². The number of aromatic nitrogens is 2. The van der Waals surface area contributed by atoms with E-state index in [4.69, 9.17) is 20.2 Å². The highest BCUT2D eigenvalue weighted by atomic mass is 16.6. The van der Waals surface area contributed by atoms with Gasteiger partial charge in [-0.3, -0.25) is 24.0 Å². The fourth-order valence-corrected chi connectivity index (χ4v) is 8.41. The molecule has 0 fully saturated rings. The van der Waals surface area contributed by atoms with Crippen LogP contribution in [0.3, 0.4) is 0 Å². The molecule has 13 heteroatoms. The van der Waals surface area contributed by atoms with Gasteiger partial charge in [-0.15, -0.1) is 0 Å². The maximum atomic E-state index is 13.7. The van der Waals surface area contributed by atoms with Crippen LogP contribution in [0, 0.1) is 5.92 Å². The van der Waals surface area contributed by atoms with Crippen molar-refractivity contribution in [1.29, 1.82) is 0 Å². The van der Waals surface area contributed by atoms with Gasteiger partial charge in [-0.1, -0.05) is 91.9 Å². The first kappa shape index (κ1) is 45.2. The predicted molar refractivity (Wildman–Crippen MR) is 224 cm³/mol. The van der Waals surface area contributed by atoms with Crippen LogP contribution in [0.2, 0.25) is 0 Å². The molecule has 4 N–H and O–H groups in total. The lowest BCUT2D eigenvalue weighted by molar-refractivity contribution is -0.172. The molecule has 2 aliphatic rings. The quantitative estimate of drug-likeness (QED) is 0.0377. The minimum absolute atomic E-state index is 0.0421. The van der Waals surface area contributed by atoms with Crippen LogP contribution >= 0.6 is 0 Å². The number of benzene rings is 1. The molecular weight excluding hydrogens is 753 g/mol. The number of hydrogen-bond donors (Lipinski definition) is 3. The fourth-order valence-electron chi connectivity index (χ4n) is 8.41. The highest BCUT2D eigenvalue weighted by Gasteiger charge is 2.45. The van der Waals surface area contributed by atoms with E-state index in [1.165, 1.54) is 44.9 Å². The van der Waals surface area contributed by atoms with Crippen molar-refractivity contribution in [3.05, 3.63) is 56.9 Å². The zero-order valence-electron chi connectivity index (χ0n) is 35.3. The standard InChI is InChI=1S/C46H62N4O9/c1-5-8-9-10-11-12-13-14-15-16-17-18-41(53)48-37(26-40(47)52)39(51)23-29(4)19-22-42(54)59-30-20-21-36-32(24-30)31(6-2)33-27-50-38(43(33)49-36)25-35-34(44(50)55)28-58-45(56)46(35,57)7-3/h20-21,24-25,29,37,57H,5-19,22-23,26-28H2,1-4H3,(H2,47,52)(H,48,53)/t29-,37+,46-/m0/s1. The van der Waals surface area contributed by atoms with Gasteiger partial charge >= 0.3 is 11.9 Å². The maximum Gasteiger partial charge on any atom is 0.343 e. The molecule has 2 aromatic heterocycles. The Morgan fingerprint density at radius 1 is 0.932 bits per heavy atom. The van der Waals surface area contributed by atoms with Crippen molar-refractivity contribution in [3.8, 4) is 17.1 Å². The van der Waals surface area contributed by atoms with E-state index in [-0.39, 0.29) is 79.6 Å². The first-order valence-electron chi connectivity index (χ1n) is 21.7. The second-order valence-electron chi connectivity index (χ2n) is 16.4. The van der Waals surface area contributed by atoms with Gasteiger partial charge in [-0.05, 0) is 61.4 Å². The number of unbranched alkanes of at least 4 members (excludes halogenated alkanes) is 10. The monoisotopic (exact) mass is 814 g/mol. The van der Waals surface area contributed by atoms with Crippen LogP contribution in [0.15, 0.2) is 29.1 Å². The minimum Gasteiger partial charge on any atom is -0.458 e. The summed E-state index contributed by atoms with van der Waals surface area (Å²) < 4.78 is 12.5. The zero-order valence-corrected chi connectivity index (χ0v) is 35.3. The molecule has 2 amide bonds. The second kappa shape index (κ2) is 20.9. The molecule has 0 saturated heterocycles. The van der Waals surface area contributed by atoms with Crippen LogP contribution in [0.5, 0.6) is 5.75 Å². The van der Waals surface area contributed by atoms with Gasteiger partial charge in [0.2, 0.25) is 11.8 Å². The largest absolute Gasteiger partial charge is 0.458 e. The molecule has 1 aromatic carbocycles. The molecular formula is C46H62N4O9. The number of Topliss-reactive ketones (excluding diaryl/α,β-unsaturated/α-hetero) is 1. The summed E-state index contributed by atoms with van der Waals surface area (Å²) in [4.78, 5) is 81.8. The average molecular weight is 815 g/mol. The summed E-state index contributed by atoms with van der Waals surface area (Å²) in [6.07, 6.45) is 13.9. The Bertz CT molecular complexity index is 2090. The van der Waals surface area contributed by atoms with E-state index in [0.29, 0.717) is 35.5 Å². The van der Waals surface area contributed by atoms with E-state index < -0.39 is 29.5 Å². The molecule has 5 rings (SSSR count). The van der Waals surface area contributed by atoms with Crippen molar-refractivity contribution in [2.45, 2.75) is 168 Å². The Morgan fingerprint density at radius 3 is 2.25 bits per heavy atom. The lowest BCUT2D eigenvalue weighted by atomic mass is 9.86. The third-order valence-corrected chi connectivity index (χ3v) is 11.9. The van der Waals surface area contributed by atoms with E-state index in [9.17, 15) is 33.9 Å². The number of ketones is 1. The molecule has 2 aliphatic heterocycles. The van der Waals surface area contributed by atoms with Gasteiger partial charge in [-0.2, -0.15) is 0 Å². The Kier molecular flexibility index (Phi) is 16.0. The molecule has 13 nitrogen and oxygen atoms in total. The summed E-state index contributed by atoms with van der Waals surface area (Å²) in [6, 6.07) is 5.85. The number of ether oxygens (including phenoxy) is 2. The summed E-state index contributed by atoms with van der Waals surface area (Å²) in [5, 5.41) is 14.7. The number of pyridine rings is 2. The number of esters is 2. The third kappa shape index (κ3) is 11.0. The van der Waals surface area contributed by atoms with E-state index >= 15 is 0 Å². The number of cyclic esters (lactones) is 1. The van der Waals surface area contributed by atoms with Crippen molar-refractivity contribution >= 4 is 40.4 Å². The Balaban J connectivity index is 1.13. The zero-order chi connectivity index (χ0) is 42.7. The molecule has 0 unspecified atom stereocenters. The molecule has 3 aromatic rings. The molecule has 0 spiro atoms. The smallest absolute Gasteiger partial charge is 0.343 e. The Hall–Kier alpha value is -4.91. The van der Waals surface area contributed by atoms with Crippen molar-refractivity contribution in [2.75, 3.05) is 0 Å². The number of nitrogens with one attached hydrogen (secondary N) is 1. The number of carbonyl (C=O) groups excluding carboxylic acids is 5. The summed E-state index contributed by atoms with van der Waals surface area (Å²) in [5.41, 5.74) is 7.20. The van der Waals surface area contributed by atoms with Crippen molar-refractivity contribution in [3.63, 3.8) is 0 Å². The van der Waals surface area contributed by atoms with Gasteiger partial charge in [0.15, 0.2) is 11.4 Å². The molecule has 0 radical (unpaired) electrons. The Morgan fingerprint density at radius 2 is 1.61 bits per heavy atom. The van der Waals surface area contributed by atoms with Gasteiger partial charge < -0.3 is 30.2 Å². The van der Waals surface area contributed by atoms with E-state index in [1.54, 1.807) is 35.8 Å².